The van der Waals surface area contributed by atoms with Gasteiger partial charge in [0, 0.05) is 18.3 Å². The Balaban J connectivity index is 0.000000298. The molecule has 8 nitrogen and oxygen atoms in total. The maximum atomic E-state index is 11.5. The van der Waals surface area contributed by atoms with Crippen molar-refractivity contribution in [3.8, 4) is 11.3 Å². The highest BCUT2D eigenvalue weighted by atomic mass is 19.4. The minimum absolute atomic E-state index is 0.0766. The number of hydrogen-bond donors (Lipinski definition) is 3. The number of rotatable bonds is 1. The van der Waals surface area contributed by atoms with Crippen LogP contribution in [0.1, 0.15) is 0 Å². The van der Waals surface area contributed by atoms with E-state index in [1.54, 1.807) is 0 Å². The number of carboxylic acid groups (broad SMARTS) is 1. The molecule has 0 saturated heterocycles. The number of benzene rings is 1. The van der Waals surface area contributed by atoms with Gasteiger partial charge in [-0.15, -0.1) is 0 Å². The van der Waals surface area contributed by atoms with E-state index < -0.39 is 12.1 Å². The minimum Gasteiger partial charge on any atom is -0.475 e. The number of aliphatic carboxylic acids is 1. The molecule has 1 aromatic carbocycles. The van der Waals surface area contributed by atoms with Gasteiger partial charge in [-0.1, -0.05) is 12.1 Å². The number of fused-ring (bicyclic) bond motifs is 1. The number of alkyl halides is 3. The number of nitrogens with one attached hydrogen (secondary N) is 1. The van der Waals surface area contributed by atoms with E-state index in [9.17, 15) is 18.0 Å². The molecule has 0 spiro atoms. The smallest absolute Gasteiger partial charge is 0.475 e. The summed E-state index contributed by atoms with van der Waals surface area (Å²) in [6, 6.07) is 7.49. The molecule has 26 heavy (non-hydrogen) atoms. The van der Waals surface area contributed by atoms with Crippen molar-refractivity contribution < 1.29 is 27.9 Å². The highest BCUT2D eigenvalue weighted by Gasteiger charge is 2.38. The van der Waals surface area contributed by atoms with Crippen LogP contribution in [0.5, 0.6) is 0 Å². The molecule has 2 heterocycles. The molecule has 1 amide bonds. The van der Waals surface area contributed by atoms with Crippen LogP contribution in [-0.4, -0.2) is 46.7 Å². The first kappa shape index (κ1) is 19.0. The predicted octanol–water partition coefficient (Wildman–Crippen LogP) is 1.75. The van der Waals surface area contributed by atoms with Crippen LogP contribution in [-0.2, 0) is 9.59 Å². The van der Waals surface area contributed by atoms with E-state index in [0.717, 1.165) is 16.9 Å². The summed E-state index contributed by atoms with van der Waals surface area (Å²) in [7, 11) is 1.84. The molecule has 0 aliphatic carbocycles. The lowest BCUT2D eigenvalue weighted by atomic mass is 10.1. The van der Waals surface area contributed by atoms with Crippen molar-refractivity contribution in [1.29, 1.82) is 0 Å². The van der Waals surface area contributed by atoms with Crippen LogP contribution in [0.25, 0.3) is 11.3 Å². The van der Waals surface area contributed by atoms with Gasteiger partial charge in [-0.2, -0.15) is 13.2 Å². The molecule has 138 valence electrons. The summed E-state index contributed by atoms with van der Waals surface area (Å²) in [5.74, 6) is -2.30. The number of carbonyl (C=O) groups is 2. The number of anilines is 3. The van der Waals surface area contributed by atoms with Gasteiger partial charge in [-0.05, 0) is 12.1 Å². The van der Waals surface area contributed by atoms with Crippen molar-refractivity contribution in [1.82, 2.24) is 9.97 Å². The number of hydrogen-bond acceptors (Lipinski definition) is 6. The molecule has 0 bridgehead atoms. The van der Waals surface area contributed by atoms with Crippen molar-refractivity contribution in [3.63, 3.8) is 0 Å². The molecule has 0 unspecified atom stereocenters. The lowest BCUT2D eigenvalue weighted by molar-refractivity contribution is -0.192. The Morgan fingerprint density at radius 1 is 1.35 bits per heavy atom. The zero-order valence-electron chi connectivity index (χ0n) is 13.4. The lowest BCUT2D eigenvalue weighted by Crippen LogP contribution is -2.36. The molecule has 4 N–H and O–H groups in total. The molecule has 1 aliphatic heterocycles. The number of carboxylic acids is 1. The third-order valence-electron chi connectivity index (χ3n) is 3.25. The number of carbonyl (C=O) groups excluding carboxylic acids is 1. The zero-order valence-corrected chi connectivity index (χ0v) is 13.4. The Morgan fingerprint density at radius 3 is 2.58 bits per heavy atom. The number of amides is 1. The summed E-state index contributed by atoms with van der Waals surface area (Å²) in [4.78, 5) is 30.7. The number of nitrogens with two attached hydrogens (primary N) is 1. The third kappa shape index (κ3) is 4.37. The maximum Gasteiger partial charge on any atom is 0.490 e. The van der Waals surface area contributed by atoms with E-state index in [-0.39, 0.29) is 12.5 Å². The predicted molar refractivity (Wildman–Crippen MR) is 87.5 cm³/mol. The Bertz CT molecular complexity index is 842. The van der Waals surface area contributed by atoms with E-state index in [4.69, 9.17) is 15.6 Å². The number of aromatic nitrogens is 2. The normalized spacial score (nSPS) is 13.2. The van der Waals surface area contributed by atoms with Crippen molar-refractivity contribution >= 4 is 29.1 Å². The second kappa shape index (κ2) is 7.25. The molecule has 1 aromatic heterocycles. The summed E-state index contributed by atoms with van der Waals surface area (Å²) in [6.45, 7) is 0.287. The van der Waals surface area contributed by atoms with Crippen LogP contribution in [0.15, 0.2) is 30.6 Å². The highest BCUT2D eigenvalue weighted by molar-refractivity contribution is 6.02. The highest BCUT2D eigenvalue weighted by Crippen LogP contribution is 2.35. The van der Waals surface area contributed by atoms with Gasteiger partial charge < -0.3 is 21.1 Å². The van der Waals surface area contributed by atoms with Crippen LogP contribution in [0.2, 0.25) is 0 Å². The third-order valence-corrected chi connectivity index (χ3v) is 3.25. The molecule has 0 atom stereocenters. The Labute approximate surface area is 145 Å². The first-order valence-corrected chi connectivity index (χ1v) is 7.11. The fourth-order valence-electron chi connectivity index (χ4n) is 2.20. The molecule has 3 rings (SSSR count). The molecule has 0 fully saturated rings. The van der Waals surface area contributed by atoms with Crippen LogP contribution in [0, 0.1) is 0 Å². The van der Waals surface area contributed by atoms with Gasteiger partial charge >= 0.3 is 12.1 Å². The molecular formula is C15H14F3N5O3. The van der Waals surface area contributed by atoms with E-state index in [1.807, 2.05) is 36.2 Å². The van der Waals surface area contributed by atoms with Crippen molar-refractivity contribution in [3.05, 3.63) is 30.6 Å². The van der Waals surface area contributed by atoms with E-state index in [0.29, 0.717) is 11.5 Å². The SMILES string of the molecule is CN1CC(=O)Nc2ncnc(-c3cccc(N)c3)c21.O=C(O)C(F)(F)F. The number of likely N-dealkylation sites (N-methyl/N-ethyl adjacent to an activating group) is 1. The topological polar surface area (TPSA) is 121 Å². The molecule has 2 aromatic rings. The van der Waals surface area contributed by atoms with Crippen LogP contribution < -0.4 is 16.0 Å². The minimum atomic E-state index is -5.08. The fourth-order valence-corrected chi connectivity index (χ4v) is 2.20. The van der Waals surface area contributed by atoms with E-state index >= 15 is 0 Å². The summed E-state index contributed by atoms with van der Waals surface area (Å²) in [5, 5.41) is 9.88. The van der Waals surface area contributed by atoms with E-state index in [1.165, 1.54) is 6.33 Å². The average Bonchev–Trinajstić information content (AvgIpc) is 2.53. The van der Waals surface area contributed by atoms with Gasteiger partial charge in [0.05, 0.1) is 12.2 Å². The summed E-state index contributed by atoms with van der Waals surface area (Å²) in [5.41, 5.74) is 8.96. The van der Waals surface area contributed by atoms with Gasteiger partial charge in [0.25, 0.3) is 0 Å². The maximum absolute atomic E-state index is 11.5. The second-order valence-corrected chi connectivity index (χ2v) is 5.25. The molecule has 1 aliphatic rings. The standard InChI is InChI=1S/C13H13N5O.C2HF3O2/c1-18-6-10(19)17-13-12(18)11(15-7-16-13)8-3-2-4-9(14)5-8;3-2(4,5)1(6)7/h2-5,7H,6,14H2,1H3,(H,15,16,17,19);(H,6,7). The van der Waals surface area contributed by atoms with Crippen LogP contribution in [0.4, 0.5) is 30.4 Å². The summed E-state index contributed by atoms with van der Waals surface area (Å²) >= 11 is 0. The first-order valence-electron chi connectivity index (χ1n) is 7.11. The lowest BCUT2D eigenvalue weighted by Gasteiger charge is -2.27. The second-order valence-electron chi connectivity index (χ2n) is 5.25. The van der Waals surface area contributed by atoms with Gasteiger partial charge in [-0.3, -0.25) is 4.79 Å². The summed E-state index contributed by atoms with van der Waals surface area (Å²) in [6.07, 6.45) is -3.64. The summed E-state index contributed by atoms with van der Waals surface area (Å²) < 4.78 is 31.7. The number of halogens is 3. The van der Waals surface area contributed by atoms with Crippen molar-refractivity contribution in [2.75, 3.05) is 29.5 Å². The van der Waals surface area contributed by atoms with Crippen LogP contribution in [0.3, 0.4) is 0 Å². The van der Waals surface area contributed by atoms with Gasteiger partial charge in [-0.25, -0.2) is 14.8 Å². The van der Waals surface area contributed by atoms with Crippen LogP contribution >= 0.6 is 0 Å². The fraction of sp³-hybridized carbons (Fsp3) is 0.200. The quantitative estimate of drug-likeness (QED) is 0.655. The van der Waals surface area contributed by atoms with Gasteiger partial charge in [0.2, 0.25) is 5.91 Å². The van der Waals surface area contributed by atoms with Crippen molar-refractivity contribution in [2.24, 2.45) is 0 Å². The molecule has 0 saturated carbocycles. The van der Waals surface area contributed by atoms with E-state index in [2.05, 4.69) is 15.3 Å². The largest absolute Gasteiger partial charge is 0.490 e. The molecular weight excluding hydrogens is 355 g/mol. The van der Waals surface area contributed by atoms with Crippen molar-refractivity contribution in [2.45, 2.75) is 6.18 Å². The Hall–Kier alpha value is -3.37. The molecule has 11 heteroatoms. The molecule has 0 radical (unpaired) electrons. The van der Waals surface area contributed by atoms with Gasteiger partial charge in [0.1, 0.15) is 12.0 Å². The Morgan fingerprint density at radius 2 is 2.00 bits per heavy atom. The van der Waals surface area contributed by atoms with Gasteiger partial charge in [0.15, 0.2) is 5.82 Å². The number of nitrogens with zero attached hydrogens (tertiary/aromatic N) is 3. The number of nitrogen functional groups attached to an aromatic ring is 1. The monoisotopic (exact) mass is 369 g/mol. The zero-order chi connectivity index (χ0) is 19.5. The Kier molecular flexibility index (Phi) is 5.29. The average molecular weight is 369 g/mol. The first-order chi connectivity index (χ1) is 12.1.